The van der Waals surface area contributed by atoms with E-state index in [9.17, 15) is 9.59 Å². The van der Waals surface area contributed by atoms with E-state index in [1.165, 1.54) is 22.3 Å². The maximum atomic E-state index is 12.3. The van der Waals surface area contributed by atoms with Gasteiger partial charge in [-0.3, -0.25) is 4.90 Å². The van der Waals surface area contributed by atoms with Gasteiger partial charge in [-0.25, -0.2) is 14.6 Å². The molecule has 1 rings (SSSR count). The molecule has 1 aromatic heterocycles. The topological polar surface area (TPSA) is 68.7 Å². The number of amides is 1. The minimum absolute atomic E-state index is 0.175. The largest absolute Gasteiger partial charge is 0.463 e. The lowest BCUT2D eigenvalue weighted by Gasteiger charge is -2.25. The summed E-state index contributed by atoms with van der Waals surface area (Å²) >= 11 is 4.59. The fourth-order valence-corrected chi connectivity index (χ4v) is 2.82. The number of halogens is 1. The molecule has 0 radical (unpaired) electrons. The zero-order valence-corrected chi connectivity index (χ0v) is 15.4. The third-order valence-electron chi connectivity index (χ3n) is 2.19. The molecule has 22 heavy (non-hydrogen) atoms. The molecule has 0 N–H and O–H groups in total. The van der Waals surface area contributed by atoms with Crippen LogP contribution in [0.15, 0.2) is 22.3 Å². The molecule has 122 valence electrons. The Kier molecular flexibility index (Phi) is 7.02. The van der Waals surface area contributed by atoms with Gasteiger partial charge < -0.3 is 9.47 Å². The molecule has 0 unspecified atom stereocenters. The summed E-state index contributed by atoms with van der Waals surface area (Å²) in [6, 6.07) is 0. The first-order valence-corrected chi connectivity index (χ1v) is 8.34. The van der Waals surface area contributed by atoms with Crippen LogP contribution in [0.25, 0.3) is 0 Å². The highest BCUT2D eigenvalue weighted by Crippen LogP contribution is 2.30. The van der Waals surface area contributed by atoms with Crippen LogP contribution in [0.5, 0.6) is 0 Å². The van der Waals surface area contributed by atoms with Crippen LogP contribution in [0.1, 0.15) is 27.7 Å². The van der Waals surface area contributed by atoms with Crippen LogP contribution in [-0.4, -0.2) is 35.8 Å². The number of ether oxygens (including phenoxy) is 2. The SMILES string of the molecule is CCOC(=O)/C=C/CN(C(=O)OC(C)(C)C)c1scnc1Br. The van der Waals surface area contributed by atoms with E-state index in [0.29, 0.717) is 16.2 Å². The van der Waals surface area contributed by atoms with Gasteiger partial charge in [0.15, 0.2) is 0 Å². The van der Waals surface area contributed by atoms with E-state index in [2.05, 4.69) is 20.9 Å². The third kappa shape index (κ3) is 6.15. The van der Waals surface area contributed by atoms with E-state index in [-0.39, 0.29) is 6.54 Å². The molecule has 1 aromatic rings. The molecule has 0 bridgehead atoms. The van der Waals surface area contributed by atoms with Gasteiger partial charge in [-0.05, 0) is 43.6 Å². The van der Waals surface area contributed by atoms with E-state index in [1.54, 1.807) is 39.3 Å². The zero-order chi connectivity index (χ0) is 16.8. The van der Waals surface area contributed by atoms with E-state index in [0.717, 1.165) is 0 Å². The van der Waals surface area contributed by atoms with Gasteiger partial charge in [0.05, 0.1) is 12.1 Å². The number of hydrogen-bond acceptors (Lipinski definition) is 6. The Hall–Kier alpha value is -1.41. The van der Waals surface area contributed by atoms with Gasteiger partial charge in [-0.2, -0.15) is 0 Å². The van der Waals surface area contributed by atoms with Gasteiger partial charge in [0.1, 0.15) is 15.2 Å². The Morgan fingerprint density at radius 2 is 2.14 bits per heavy atom. The van der Waals surface area contributed by atoms with Crippen LogP contribution in [0.2, 0.25) is 0 Å². The molecule has 0 aliphatic heterocycles. The predicted molar refractivity (Wildman–Crippen MR) is 89.2 cm³/mol. The molecule has 0 aliphatic rings. The fraction of sp³-hybridized carbons (Fsp3) is 0.500. The highest BCUT2D eigenvalue weighted by molar-refractivity contribution is 9.10. The van der Waals surface area contributed by atoms with Crippen LogP contribution >= 0.6 is 27.3 Å². The van der Waals surface area contributed by atoms with Crippen molar-refractivity contribution in [2.45, 2.75) is 33.3 Å². The van der Waals surface area contributed by atoms with Crippen molar-refractivity contribution in [3.05, 3.63) is 22.3 Å². The molecule has 0 fully saturated rings. The number of carbonyl (C=O) groups excluding carboxylic acids is 2. The van der Waals surface area contributed by atoms with Crippen molar-refractivity contribution in [2.75, 3.05) is 18.1 Å². The normalized spacial score (nSPS) is 11.5. The number of rotatable bonds is 5. The van der Waals surface area contributed by atoms with Gasteiger partial charge in [-0.1, -0.05) is 6.08 Å². The number of hydrogen-bond donors (Lipinski definition) is 0. The summed E-state index contributed by atoms with van der Waals surface area (Å²) in [5.74, 6) is -0.449. The average molecular weight is 391 g/mol. The van der Waals surface area contributed by atoms with E-state index in [1.807, 2.05) is 0 Å². The van der Waals surface area contributed by atoms with Crippen LogP contribution < -0.4 is 4.90 Å². The molecule has 0 saturated heterocycles. The number of nitrogens with zero attached hydrogens (tertiary/aromatic N) is 2. The molecule has 1 heterocycles. The molecule has 0 aliphatic carbocycles. The van der Waals surface area contributed by atoms with Gasteiger partial charge in [0, 0.05) is 12.6 Å². The van der Waals surface area contributed by atoms with E-state index < -0.39 is 17.7 Å². The standard InChI is InChI=1S/C14H19BrN2O4S/c1-5-20-10(18)7-6-8-17(12-11(15)16-9-22-12)13(19)21-14(2,3)4/h6-7,9H,5,8H2,1-4H3/b7-6+. The number of esters is 1. The van der Waals surface area contributed by atoms with Crippen molar-refractivity contribution in [1.82, 2.24) is 4.98 Å². The van der Waals surface area contributed by atoms with Crippen molar-refractivity contribution < 1.29 is 19.1 Å². The first-order valence-electron chi connectivity index (χ1n) is 6.67. The summed E-state index contributed by atoms with van der Waals surface area (Å²) in [5, 5.41) is 0.614. The van der Waals surface area contributed by atoms with Crippen LogP contribution in [0.3, 0.4) is 0 Å². The molecular weight excluding hydrogens is 372 g/mol. The summed E-state index contributed by atoms with van der Waals surface area (Å²) in [4.78, 5) is 29.1. The highest BCUT2D eigenvalue weighted by Gasteiger charge is 2.25. The van der Waals surface area contributed by atoms with Crippen molar-refractivity contribution >= 4 is 44.3 Å². The van der Waals surface area contributed by atoms with Crippen molar-refractivity contribution in [3.8, 4) is 0 Å². The first kappa shape index (κ1) is 18.6. The average Bonchev–Trinajstić information content (AvgIpc) is 2.79. The highest BCUT2D eigenvalue weighted by atomic mass is 79.9. The van der Waals surface area contributed by atoms with Crippen molar-refractivity contribution in [2.24, 2.45) is 0 Å². The van der Waals surface area contributed by atoms with Gasteiger partial charge >= 0.3 is 12.1 Å². The summed E-state index contributed by atoms with van der Waals surface area (Å²) in [7, 11) is 0. The molecule has 1 amide bonds. The van der Waals surface area contributed by atoms with Gasteiger partial charge in [0.25, 0.3) is 0 Å². The number of thiazole rings is 1. The monoisotopic (exact) mass is 390 g/mol. The second-order valence-corrected chi connectivity index (χ2v) is 6.78. The van der Waals surface area contributed by atoms with E-state index in [4.69, 9.17) is 9.47 Å². The fourth-order valence-electron chi connectivity index (χ4n) is 1.40. The van der Waals surface area contributed by atoms with Crippen molar-refractivity contribution in [1.29, 1.82) is 0 Å². The summed E-state index contributed by atoms with van der Waals surface area (Å²) in [6.45, 7) is 7.58. The third-order valence-corrected chi connectivity index (χ3v) is 3.88. The Morgan fingerprint density at radius 3 is 2.64 bits per heavy atom. The summed E-state index contributed by atoms with van der Waals surface area (Å²) in [5.41, 5.74) is 1.00. The van der Waals surface area contributed by atoms with Crippen LogP contribution in [0, 0.1) is 0 Å². The lowest BCUT2D eigenvalue weighted by Crippen LogP contribution is -2.36. The molecule has 0 aromatic carbocycles. The number of aromatic nitrogens is 1. The number of carbonyl (C=O) groups is 2. The molecular formula is C14H19BrN2O4S. The quantitative estimate of drug-likeness (QED) is 0.565. The van der Waals surface area contributed by atoms with Gasteiger partial charge in [-0.15, -0.1) is 11.3 Å². The van der Waals surface area contributed by atoms with Crippen LogP contribution in [-0.2, 0) is 14.3 Å². The Bertz CT molecular complexity index is 551. The lowest BCUT2D eigenvalue weighted by molar-refractivity contribution is -0.137. The molecule has 0 spiro atoms. The summed E-state index contributed by atoms with van der Waals surface area (Å²) < 4.78 is 10.7. The second-order valence-electron chi connectivity index (χ2n) is 5.19. The Morgan fingerprint density at radius 1 is 1.45 bits per heavy atom. The molecule has 8 heteroatoms. The maximum absolute atomic E-state index is 12.3. The molecule has 6 nitrogen and oxygen atoms in total. The first-order chi connectivity index (χ1) is 10.2. The van der Waals surface area contributed by atoms with Gasteiger partial charge in [0.2, 0.25) is 0 Å². The number of anilines is 1. The lowest BCUT2D eigenvalue weighted by atomic mass is 10.2. The predicted octanol–water partition coefficient (Wildman–Crippen LogP) is 3.77. The summed E-state index contributed by atoms with van der Waals surface area (Å²) in [6.07, 6.45) is 2.33. The second kappa shape index (κ2) is 8.28. The Balaban J connectivity index is 2.86. The minimum Gasteiger partial charge on any atom is -0.463 e. The van der Waals surface area contributed by atoms with E-state index >= 15 is 0 Å². The smallest absolute Gasteiger partial charge is 0.415 e. The van der Waals surface area contributed by atoms with Crippen molar-refractivity contribution in [3.63, 3.8) is 0 Å². The van der Waals surface area contributed by atoms with Crippen LogP contribution in [0.4, 0.5) is 9.80 Å². The minimum atomic E-state index is -0.614. The Labute approximate surface area is 142 Å². The molecule has 0 atom stereocenters. The molecule has 0 saturated carbocycles. The zero-order valence-electron chi connectivity index (χ0n) is 13.0. The maximum Gasteiger partial charge on any atom is 0.415 e.